The molecule has 2 aromatic rings. The van der Waals surface area contributed by atoms with Gasteiger partial charge in [-0.1, -0.05) is 91.0 Å². The van der Waals surface area contributed by atoms with E-state index in [1.807, 2.05) is 85.0 Å². The third-order valence-corrected chi connectivity index (χ3v) is 2.73. The largest absolute Gasteiger partial charge is 0.289 e. The molecule has 2 aromatic carbocycles. The van der Waals surface area contributed by atoms with Crippen LogP contribution in [0, 0.1) is 0 Å². The third kappa shape index (κ3) is 4.54. The highest BCUT2D eigenvalue weighted by atomic mass is 16.1. The molecule has 0 aliphatic rings. The van der Waals surface area contributed by atoms with Gasteiger partial charge in [0, 0.05) is 5.56 Å². The Morgan fingerprint density at radius 2 is 1.30 bits per heavy atom. The van der Waals surface area contributed by atoms with E-state index in [1.165, 1.54) is 0 Å². The van der Waals surface area contributed by atoms with Crippen molar-refractivity contribution < 1.29 is 4.79 Å². The molecule has 1 nitrogen and oxygen atoms in total. The van der Waals surface area contributed by atoms with E-state index >= 15 is 0 Å². The summed E-state index contributed by atoms with van der Waals surface area (Å²) in [4.78, 5) is 11.8. The lowest BCUT2D eigenvalue weighted by Gasteiger charge is -1.92. The number of carbonyl (C=O) groups excluding carboxylic acids is 1. The molecule has 0 aliphatic heterocycles. The summed E-state index contributed by atoms with van der Waals surface area (Å²) in [7, 11) is 0. The predicted octanol–water partition coefficient (Wildman–Crippen LogP) is 4.70. The lowest BCUT2D eigenvalue weighted by molar-refractivity contribution is 0.104. The Labute approximate surface area is 119 Å². The van der Waals surface area contributed by atoms with Gasteiger partial charge in [0.2, 0.25) is 0 Å². The summed E-state index contributed by atoms with van der Waals surface area (Å²) in [6, 6.07) is 19.3. The Balaban J connectivity index is 1.86. The number of benzene rings is 2. The lowest BCUT2D eigenvalue weighted by atomic mass is 10.1. The molecule has 20 heavy (non-hydrogen) atoms. The summed E-state index contributed by atoms with van der Waals surface area (Å²) in [5.74, 6) is 0.0160. The van der Waals surface area contributed by atoms with Crippen LogP contribution in [0.3, 0.4) is 0 Å². The second kappa shape index (κ2) is 7.70. The predicted molar refractivity (Wildman–Crippen MR) is 84.5 cm³/mol. The van der Waals surface area contributed by atoms with Crippen LogP contribution >= 0.6 is 0 Å². The minimum Gasteiger partial charge on any atom is -0.289 e. The average Bonchev–Trinajstić information content (AvgIpc) is 2.52. The first-order valence-electron chi connectivity index (χ1n) is 6.52. The van der Waals surface area contributed by atoms with Crippen molar-refractivity contribution in [2.24, 2.45) is 0 Å². The van der Waals surface area contributed by atoms with E-state index in [1.54, 1.807) is 12.2 Å². The molecular weight excluding hydrogens is 244 g/mol. The molecule has 2 rings (SSSR count). The zero-order valence-electron chi connectivity index (χ0n) is 11.1. The highest BCUT2D eigenvalue weighted by molar-refractivity contribution is 6.04. The molecule has 0 heterocycles. The molecule has 98 valence electrons. The van der Waals surface area contributed by atoms with Gasteiger partial charge in [0.1, 0.15) is 0 Å². The van der Waals surface area contributed by atoms with Crippen LogP contribution < -0.4 is 0 Å². The van der Waals surface area contributed by atoms with Crippen LogP contribution in [0.2, 0.25) is 0 Å². The second-order valence-corrected chi connectivity index (χ2v) is 4.24. The van der Waals surface area contributed by atoms with Gasteiger partial charge in [-0.05, 0) is 11.6 Å². The minimum absolute atomic E-state index is 0.0160. The first-order chi connectivity index (χ1) is 9.86. The zero-order valence-corrected chi connectivity index (χ0v) is 11.1. The second-order valence-electron chi connectivity index (χ2n) is 4.24. The first-order valence-corrected chi connectivity index (χ1v) is 6.52. The molecule has 0 spiro atoms. The summed E-state index contributed by atoms with van der Waals surface area (Å²) < 4.78 is 0. The van der Waals surface area contributed by atoms with E-state index in [9.17, 15) is 4.79 Å². The van der Waals surface area contributed by atoms with Crippen LogP contribution in [0.5, 0.6) is 0 Å². The highest BCUT2D eigenvalue weighted by Gasteiger charge is 1.97. The molecule has 0 N–H and O–H groups in total. The Morgan fingerprint density at radius 1 is 0.700 bits per heavy atom. The maximum Gasteiger partial charge on any atom is 0.185 e. The van der Waals surface area contributed by atoms with E-state index < -0.39 is 0 Å². The van der Waals surface area contributed by atoms with Crippen molar-refractivity contribution in [3.63, 3.8) is 0 Å². The van der Waals surface area contributed by atoms with E-state index in [0.29, 0.717) is 5.56 Å². The van der Waals surface area contributed by atoms with Crippen molar-refractivity contribution in [3.05, 3.63) is 102 Å². The summed E-state index contributed by atoms with van der Waals surface area (Å²) >= 11 is 0. The molecule has 0 atom stereocenters. The summed E-state index contributed by atoms with van der Waals surface area (Å²) in [6.45, 7) is 0. The monoisotopic (exact) mass is 260 g/mol. The Bertz CT molecular complexity index is 619. The van der Waals surface area contributed by atoms with Gasteiger partial charge in [0.15, 0.2) is 5.78 Å². The molecule has 1 heteroatoms. The van der Waals surface area contributed by atoms with Gasteiger partial charge in [0.05, 0.1) is 0 Å². The molecule has 0 aliphatic carbocycles. The number of carbonyl (C=O) groups is 1. The van der Waals surface area contributed by atoms with Crippen molar-refractivity contribution in [2.75, 3.05) is 0 Å². The molecule has 0 bridgehead atoms. The van der Waals surface area contributed by atoms with Crippen molar-refractivity contribution >= 4 is 11.9 Å². The number of hydrogen-bond donors (Lipinski definition) is 0. The normalized spacial score (nSPS) is 11.6. The average molecular weight is 260 g/mol. The molecule has 0 unspecified atom stereocenters. The minimum atomic E-state index is 0.0160. The van der Waals surface area contributed by atoms with Crippen LogP contribution in [0.25, 0.3) is 6.08 Å². The Morgan fingerprint density at radius 3 is 2.00 bits per heavy atom. The first kappa shape index (κ1) is 13.8. The van der Waals surface area contributed by atoms with E-state index in [0.717, 1.165) is 5.56 Å². The maximum atomic E-state index is 11.8. The van der Waals surface area contributed by atoms with Crippen molar-refractivity contribution in [1.29, 1.82) is 0 Å². The summed E-state index contributed by atoms with van der Waals surface area (Å²) in [6.07, 6.45) is 11.0. The van der Waals surface area contributed by atoms with Gasteiger partial charge in [0.25, 0.3) is 0 Å². The topological polar surface area (TPSA) is 17.1 Å². The molecule has 0 aromatic heterocycles. The Kier molecular flexibility index (Phi) is 5.29. The number of rotatable bonds is 5. The number of hydrogen-bond acceptors (Lipinski definition) is 1. The van der Waals surface area contributed by atoms with Gasteiger partial charge in [-0.3, -0.25) is 4.79 Å². The van der Waals surface area contributed by atoms with Crippen molar-refractivity contribution in [1.82, 2.24) is 0 Å². The maximum absolute atomic E-state index is 11.8. The fraction of sp³-hybridized carbons (Fsp3) is 0. The van der Waals surface area contributed by atoms with Crippen LogP contribution in [0.4, 0.5) is 0 Å². The quantitative estimate of drug-likeness (QED) is 0.433. The number of ketones is 1. The van der Waals surface area contributed by atoms with Gasteiger partial charge in [-0.15, -0.1) is 0 Å². The molecular formula is C19H16O. The van der Waals surface area contributed by atoms with Gasteiger partial charge >= 0.3 is 0 Å². The molecule has 0 saturated heterocycles. The van der Waals surface area contributed by atoms with Gasteiger partial charge in [-0.2, -0.15) is 0 Å². The number of allylic oxidation sites excluding steroid dienone is 5. The molecule has 0 saturated carbocycles. The standard InChI is InChI=1S/C19H16O/c20-19(18-14-8-4-9-15-18)16-10-2-1-5-11-17-12-6-3-7-13-17/h1-16H/b2-1+,11-5+,16-10+. The highest BCUT2D eigenvalue weighted by Crippen LogP contribution is 2.02. The lowest BCUT2D eigenvalue weighted by Crippen LogP contribution is -1.92. The van der Waals surface area contributed by atoms with Crippen molar-refractivity contribution in [2.45, 2.75) is 0 Å². The van der Waals surface area contributed by atoms with Gasteiger partial charge in [-0.25, -0.2) is 0 Å². The SMILES string of the molecule is O=C(/C=C/C=C/C=C/c1ccccc1)c1ccccc1. The van der Waals surface area contributed by atoms with Crippen LogP contribution in [0.15, 0.2) is 91.0 Å². The third-order valence-electron chi connectivity index (χ3n) is 2.73. The molecule has 0 fully saturated rings. The Hall–Kier alpha value is -2.67. The van der Waals surface area contributed by atoms with Crippen LogP contribution in [-0.4, -0.2) is 5.78 Å². The molecule has 0 amide bonds. The van der Waals surface area contributed by atoms with Gasteiger partial charge < -0.3 is 0 Å². The summed E-state index contributed by atoms with van der Waals surface area (Å²) in [5, 5.41) is 0. The summed E-state index contributed by atoms with van der Waals surface area (Å²) in [5.41, 5.74) is 1.86. The van der Waals surface area contributed by atoms with Crippen molar-refractivity contribution in [3.8, 4) is 0 Å². The fourth-order valence-electron chi connectivity index (χ4n) is 1.70. The fourth-order valence-corrected chi connectivity index (χ4v) is 1.70. The van der Waals surface area contributed by atoms with Crippen LogP contribution in [-0.2, 0) is 0 Å². The zero-order chi connectivity index (χ0) is 14.0. The van der Waals surface area contributed by atoms with E-state index in [-0.39, 0.29) is 5.78 Å². The van der Waals surface area contributed by atoms with E-state index in [4.69, 9.17) is 0 Å². The van der Waals surface area contributed by atoms with Crippen LogP contribution in [0.1, 0.15) is 15.9 Å². The smallest absolute Gasteiger partial charge is 0.185 e. The van der Waals surface area contributed by atoms with E-state index in [2.05, 4.69) is 0 Å². The molecule has 0 radical (unpaired) electrons.